The van der Waals surface area contributed by atoms with E-state index in [1.807, 2.05) is 39.8 Å². The fourth-order valence-corrected chi connectivity index (χ4v) is 1.97. The van der Waals surface area contributed by atoms with Crippen molar-refractivity contribution >= 4 is 12.0 Å². The third-order valence-corrected chi connectivity index (χ3v) is 2.84. The Morgan fingerprint density at radius 3 is 2.17 bits per heavy atom. The second-order valence-corrected chi connectivity index (χ2v) is 4.60. The van der Waals surface area contributed by atoms with E-state index < -0.39 is 5.97 Å². The summed E-state index contributed by atoms with van der Waals surface area (Å²) < 4.78 is 22.0. The van der Waals surface area contributed by atoms with Gasteiger partial charge in [-0.2, -0.15) is 0 Å². The first-order valence-electron chi connectivity index (χ1n) is 8.08. The number of esters is 1. The molecule has 23 heavy (non-hydrogen) atoms. The van der Waals surface area contributed by atoms with Crippen molar-refractivity contribution in [1.82, 2.24) is 0 Å². The molecular formula is C18H26O5. The van der Waals surface area contributed by atoms with Gasteiger partial charge in [0, 0.05) is 6.08 Å². The first kappa shape index (κ1) is 18.9. The largest absolute Gasteiger partial charge is 0.493 e. The Morgan fingerprint density at radius 2 is 1.57 bits per heavy atom. The molecule has 0 unspecified atom stereocenters. The number of carbonyl (C=O) groups is 1. The molecule has 0 aliphatic rings. The summed E-state index contributed by atoms with van der Waals surface area (Å²) in [5.41, 5.74) is 0.674. The van der Waals surface area contributed by atoms with Gasteiger partial charge >= 0.3 is 5.97 Å². The molecule has 0 spiro atoms. The zero-order chi connectivity index (χ0) is 17.1. The Balaban J connectivity index is 3.18. The van der Waals surface area contributed by atoms with E-state index in [0.29, 0.717) is 49.2 Å². The van der Waals surface area contributed by atoms with E-state index >= 15 is 0 Å². The number of benzene rings is 1. The SMILES string of the molecule is CCCOC(=O)C=Cc1c(OCC)ccc(OCC)c1OCC. The highest BCUT2D eigenvalue weighted by Gasteiger charge is 2.15. The van der Waals surface area contributed by atoms with Gasteiger partial charge in [0.25, 0.3) is 0 Å². The van der Waals surface area contributed by atoms with Gasteiger partial charge in [0.15, 0.2) is 11.5 Å². The van der Waals surface area contributed by atoms with Crippen molar-refractivity contribution in [3.8, 4) is 17.2 Å². The second-order valence-electron chi connectivity index (χ2n) is 4.60. The van der Waals surface area contributed by atoms with Gasteiger partial charge in [-0.15, -0.1) is 0 Å². The van der Waals surface area contributed by atoms with Crippen LogP contribution in [-0.4, -0.2) is 32.4 Å². The predicted molar refractivity (Wildman–Crippen MR) is 90.2 cm³/mol. The Morgan fingerprint density at radius 1 is 0.957 bits per heavy atom. The lowest BCUT2D eigenvalue weighted by atomic mass is 10.1. The number of rotatable bonds is 10. The van der Waals surface area contributed by atoms with Crippen LogP contribution in [0.2, 0.25) is 0 Å². The van der Waals surface area contributed by atoms with Crippen molar-refractivity contribution in [2.75, 3.05) is 26.4 Å². The van der Waals surface area contributed by atoms with Crippen molar-refractivity contribution in [2.24, 2.45) is 0 Å². The van der Waals surface area contributed by atoms with E-state index in [1.54, 1.807) is 6.08 Å². The molecule has 0 amide bonds. The van der Waals surface area contributed by atoms with Crippen LogP contribution in [0.15, 0.2) is 18.2 Å². The third-order valence-electron chi connectivity index (χ3n) is 2.84. The molecule has 0 bridgehead atoms. The highest BCUT2D eigenvalue weighted by Crippen LogP contribution is 2.39. The molecule has 0 fully saturated rings. The fourth-order valence-electron chi connectivity index (χ4n) is 1.97. The van der Waals surface area contributed by atoms with Gasteiger partial charge in [0.1, 0.15) is 5.75 Å². The van der Waals surface area contributed by atoms with Crippen LogP contribution in [0.3, 0.4) is 0 Å². The minimum absolute atomic E-state index is 0.390. The third kappa shape index (κ3) is 5.85. The molecule has 5 heteroatoms. The lowest BCUT2D eigenvalue weighted by Crippen LogP contribution is -2.04. The maximum atomic E-state index is 11.7. The van der Waals surface area contributed by atoms with Crippen molar-refractivity contribution < 1.29 is 23.7 Å². The molecule has 0 atom stereocenters. The van der Waals surface area contributed by atoms with Crippen molar-refractivity contribution in [2.45, 2.75) is 34.1 Å². The normalized spacial score (nSPS) is 10.6. The molecule has 1 aromatic rings. The number of carbonyl (C=O) groups excluding carboxylic acids is 1. The molecule has 0 aromatic heterocycles. The van der Waals surface area contributed by atoms with Crippen LogP contribution >= 0.6 is 0 Å². The first-order valence-corrected chi connectivity index (χ1v) is 8.08. The van der Waals surface area contributed by atoms with Crippen molar-refractivity contribution in [3.63, 3.8) is 0 Å². The van der Waals surface area contributed by atoms with Crippen LogP contribution in [-0.2, 0) is 9.53 Å². The Hall–Kier alpha value is -2.17. The standard InChI is InChI=1S/C18H26O5/c1-5-13-23-17(19)12-9-14-15(20-6-2)10-11-16(21-7-3)18(14)22-8-4/h9-12H,5-8,13H2,1-4H3. The van der Waals surface area contributed by atoms with Gasteiger partial charge in [0.2, 0.25) is 0 Å². The van der Waals surface area contributed by atoms with Crippen molar-refractivity contribution in [3.05, 3.63) is 23.8 Å². The number of hydrogen-bond donors (Lipinski definition) is 0. The molecule has 5 nitrogen and oxygen atoms in total. The summed E-state index contributed by atoms with van der Waals surface area (Å²) in [5.74, 6) is 1.44. The maximum Gasteiger partial charge on any atom is 0.330 e. The average Bonchev–Trinajstić information content (AvgIpc) is 2.55. The van der Waals surface area contributed by atoms with E-state index in [1.165, 1.54) is 6.08 Å². The van der Waals surface area contributed by atoms with Gasteiger partial charge in [0.05, 0.1) is 32.0 Å². The minimum atomic E-state index is -0.390. The molecule has 0 aliphatic heterocycles. The first-order chi connectivity index (χ1) is 11.2. The van der Waals surface area contributed by atoms with Crippen molar-refractivity contribution in [1.29, 1.82) is 0 Å². The van der Waals surface area contributed by atoms with Crippen LogP contribution < -0.4 is 14.2 Å². The Bertz CT molecular complexity index is 522. The zero-order valence-corrected chi connectivity index (χ0v) is 14.4. The minimum Gasteiger partial charge on any atom is -0.493 e. The van der Waals surface area contributed by atoms with E-state index in [4.69, 9.17) is 18.9 Å². The highest BCUT2D eigenvalue weighted by molar-refractivity contribution is 5.88. The van der Waals surface area contributed by atoms with Gasteiger partial charge in [-0.1, -0.05) is 6.92 Å². The quantitative estimate of drug-likeness (QED) is 0.484. The maximum absolute atomic E-state index is 11.7. The smallest absolute Gasteiger partial charge is 0.330 e. The highest BCUT2D eigenvalue weighted by atomic mass is 16.5. The monoisotopic (exact) mass is 322 g/mol. The van der Waals surface area contributed by atoms with Gasteiger partial charge in [-0.05, 0) is 45.4 Å². The molecule has 0 N–H and O–H groups in total. The average molecular weight is 322 g/mol. The molecule has 0 aliphatic carbocycles. The Kier molecular flexibility index (Phi) is 8.65. The van der Waals surface area contributed by atoms with Crippen LogP contribution in [0, 0.1) is 0 Å². The molecular weight excluding hydrogens is 296 g/mol. The van der Waals surface area contributed by atoms with Crippen LogP contribution in [0.4, 0.5) is 0 Å². The molecule has 1 aromatic carbocycles. The molecule has 0 saturated carbocycles. The summed E-state index contributed by atoms with van der Waals surface area (Å²) in [5, 5.41) is 0. The molecule has 128 valence electrons. The molecule has 1 rings (SSSR count). The van der Waals surface area contributed by atoms with Gasteiger partial charge in [-0.25, -0.2) is 4.79 Å². The summed E-state index contributed by atoms with van der Waals surface area (Å²) in [4.78, 5) is 11.7. The zero-order valence-electron chi connectivity index (χ0n) is 14.4. The van der Waals surface area contributed by atoms with Gasteiger partial charge < -0.3 is 18.9 Å². The summed E-state index contributed by atoms with van der Waals surface area (Å²) in [6.45, 7) is 9.57. The molecule has 0 radical (unpaired) electrons. The number of ether oxygens (including phenoxy) is 4. The van der Waals surface area contributed by atoms with E-state index in [2.05, 4.69) is 0 Å². The second kappa shape index (κ2) is 10.5. The molecule has 0 heterocycles. The number of hydrogen-bond acceptors (Lipinski definition) is 5. The molecule has 0 saturated heterocycles. The van der Waals surface area contributed by atoms with E-state index in [-0.39, 0.29) is 0 Å². The van der Waals surface area contributed by atoms with E-state index in [9.17, 15) is 4.79 Å². The Labute approximate surface area is 138 Å². The predicted octanol–water partition coefficient (Wildman–Crippen LogP) is 3.85. The van der Waals surface area contributed by atoms with Crippen LogP contribution in [0.5, 0.6) is 17.2 Å². The lowest BCUT2D eigenvalue weighted by Gasteiger charge is -2.16. The topological polar surface area (TPSA) is 54.0 Å². The summed E-state index contributed by atoms with van der Waals surface area (Å²) >= 11 is 0. The van der Waals surface area contributed by atoms with Crippen LogP contribution in [0.1, 0.15) is 39.7 Å². The summed E-state index contributed by atoms with van der Waals surface area (Å²) in [6, 6.07) is 3.63. The van der Waals surface area contributed by atoms with Gasteiger partial charge in [-0.3, -0.25) is 0 Å². The van der Waals surface area contributed by atoms with E-state index in [0.717, 1.165) is 6.42 Å². The fraction of sp³-hybridized carbons (Fsp3) is 0.500. The summed E-state index contributed by atoms with van der Waals surface area (Å²) in [7, 11) is 0. The van der Waals surface area contributed by atoms with Crippen LogP contribution in [0.25, 0.3) is 6.08 Å². The lowest BCUT2D eigenvalue weighted by molar-refractivity contribution is -0.137. The summed E-state index contributed by atoms with van der Waals surface area (Å²) in [6.07, 6.45) is 3.82.